The molecule has 0 bridgehead atoms. The Kier molecular flexibility index (Phi) is 6.91. The van der Waals surface area contributed by atoms with Gasteiger partial charge in [0.2, 0.25) is 6.10 Å². The summed E-state index contributed by atoms with van der Waals surface area (Å²) in [7, 11) is 4.07. The zero-order valence-corrected chi connectivity index (χ0v) is 24.6. The SMILES string of the molecule is CC(=O)OC(C(=O)N(C)C1CCC2(C)C(=CCC3C2CCC24CN(C)C(C)C2CCC34)C1)c1ccc(F)c(F)c1. The summed E-state index contributed by atoms with van der Waals surface area (Å²) in [5, 5.41) is 0. The van der Waals surface area contributed by atoms with E-state index in [0.717, 1.165) is 55.6 Å². The van der Waals surface area contributed by atoms with E-state index in [-0.39, 0.29) is 17.0 Å². The van der Waals surface area contributed by atoms with Crippen LogP contribution in [0.5, 0.6) is 0 Å². The first kappa shape index (κ1) is 27.9. The van der Waals surface area contributed by atoms with Crippen LogP contribution in [0.4, 0.5) is 8.78 Å². The first-order chi connectivity index (χ1) is 19.0. The van der Waals surface area contributed by atoms with Crippen LogP contribution in [0.2, 0.25) is 0 Å². The van der Waals surface area contributed by atoms with Crippen LogP contribution in [0.15, 0.2) is 29.8 Å². The lowest BCUT2D eigenvalue weighted by molar-refractivity contribution is -0.160. The maximum Gasteiger partial charge on any atom is 0.303 e. The van der Waals surface area contributed by atoms with Crippen LogP contribution in [-0.2, 0) is 14.3 Å². The number of nitrogens with zero attached hydrogens (tertiary/aromatic N) is 2. The molecule has 1 heterocycles. The molecule has 4 fully saturated rings. The fraction of sp³-hybridized carbons (Fsp3) is 0.697. The highest BCUT2D eigenvalue weighted by molar-refractivity contribution is 5.85. The van der Waals surface area contributed by atoms with Crippen LogP contribution in [0.1, 0.15) is 83.8 Å². The second-order valence-corrected chi connectivity index (χ2v) is 13.9. The van der Waals surface area contributed by atoms with E-state index < -0.39 is 29.6 Å². The number of amides is 1. The third kappa shape index (κ3) is 4.16. The lowest BCUT2D eigenvalue weighted by Crippen LogP contribution is -2.53. The Morgan fingerprint density at radius 3 is 2.55 bits per heavy atom. The number of allylic oxidation sites excluding steroid dienone is 1. The second-order valence-electron chi connectivity index (χ2n) is 13.9. The zero-order chi connectivity index (χ0) is 28.6. The largest absolute Gasteiger partial charge is 0.447 e. The highest BCUT2D eigenvalue weighted by atomic mass is 19.2. The molecular formula is C33H44F2N2O3. The fourth-order valence-corrected chi connectivity index (χ4v) is 10.2. The van der Waals surface area contributed by atoms with Gasteiger partial charge in [-0.2, -0.15) is 0 Å². The molecule has 0 aromatic heterocycles. The van der Waals surface area contributed by atoms with Crippen molar-refractivity contribution in [2.45, 2.75) is 90.3 Å². The Morgan fingerprint density at radius 2 is 1.82 bits per heavy atom. The molecule has 1 aromatic carbocycles. The molecule has 9 atom stereocenters. The smallest absolute Gasteiger partial charge is 0.303 e. The molecular weight excluding hydrogens is 510 g/mol. The molecule has 1 amide bonds. The molecule has 0 radical (unpaired) electrons. The van der Waals surface area contributed by atoms with Crippen molar-refractivity contribution in [2.75, 3.05) is 20.6 Å². The second kappa shape index (κ2) is 9.92. The van der Waals surface area contributed by atoms with Gasteiger partial charge in [-0.1, -0.05) is 24.6 Å². The van der Waals surface area contributed by atoms with E-state index in [9.17, 15) is 18.4 Å². The van der Waals surface area contributed by atoms with Crippen LogP contribution in [0.25, 0.3) is 0 Å². The number of hydrogen-bond acceptors (Lipinski definition) is 4. The molecule has 4 aliphatic carbocycles. The summed E-state index contributed by atoms with van der Waals surface area (Å²) in [4.78, 5) is 29.8. The summed E-state index contributed by atoms with van der Waals surface area (Å²) in [6.07, 6.45) is 10.5. The number of halogens is 2. The van der Waals surface area contributed by atoms with Crippen LogP contribution in [0.3, 0.4) is 0 Å². The zero-order valence-electron chi connectivity index (χ0n) is 24.6. The van der Waals surface area contributed by atoms with Gasteiger partial charge in [-0.05, 0) is 112 Å². The van der Waals surface area contributed by atoms with Gasteiger partial charge in [0.05, 0.1) is 0 Å². The standard InChI is InChI=1S/C33H44F2N2O3/c1-19-25-9-10-27-24-8-7-22-17-23(12-14-32(22,3)26(24)13-15-33(25,27)18-36(19)4)37(5)31(39)30(40-20(2)38)21-6-11-28(34)29(35)16-21/h6-7,11,16,19,23-27,30H,8-10,12-15,17-18H2,1-5H3. The van der Waals surface area contributed by atoms with E-state index in [2.05, 4.69) is 31.9 Å². The van der Waals surface area contributed by atoms with Crippen molar-refractivity contribution >= 4 is 11.9 Å². The van der Waals surface area contributed by atoms with Gasteiger partial charge in [0.1, 0.15) is 0 Å². The molecule has 6 rings (SSSR count). The minimum atomic E-state index is -1.30. The average Bonchev–Trinajstić information content (AvgIpc) is 3.40. The van der Waals surface area contributed by atoms with E-state index in [4.69, 9.17) is 4.74 Å². The van der Waals surface area contributed by atoms with Gasteiger partial charge in [0, 0.05) is 38.2 Å². The van der Waals surface area contributed by atoms with Crippen molar-refractivity contribution < 1.29 is 23.1 Å². The third-order valence-corrected chi connectivity index (χ3v) is 12.3. The maximum atomic E-state index is 14.0. The molecule has 5 aliphatic rings. The Hall–Kier alpha value is -2.28. The minimum Gasteiger partial charge on any atom is -0.447 e. The van der Waals surface area contributed by atoms with Crippen LogP contribution < -0.4 is 0 Å². The summed E-state index contributed by atoms with van der Waals surface area (Å²) in [5.41, 5.74) is 2.29. The first-order valence-electron chi connectivity index (χ1n) is 15.2. The number of benzene rings is 1. The van der Waals surface area contributed by atoms with Crippen molar-refractivity contribution in [1.82, 2.24) is 9.80 Å². The highest BCUT2D eigenvalue weighted by Crippen LogP contribution is 2.68. The molecule has 9 unspecified atom stereocenters. The van der Waals surface area contributed by atoms with Crippen molar-refractivity contribution in [1.29, 1.82) is 0 Å². The summed E-state index contributed by atoms with van der Waals surface area (Å²) in [5.74, 6) is 0.00178. The van der Waals surface area contributed by atoms with Gasteiger partial charge in [-0.25, -0.2) is 8.78 Å². The Bertz CT molecular complexity index is 1230. The van der Waals surface area contributed by atoms with Gasteiger partial charge in [-0.15, -0.1) is 0 Å². The van der Waals surface area contributed by atoms with Gasteiger partial charge in [0.15, 0.2) is 11.6 Å². The Labute approximate surface area is 237 Å². The molecule has 1 aromatic rings. The minimum absolute atomic E-state index is 0.0261. The predicted molar refractivity (Wildman–Crippen MR) is 149 cm³/mol. The van der Waals surface area contributed by atoms with Gasteiger partial charge >= 0.3 is 5.97 Å². The number of carbonyl (C=O) groups is 2. The van der Waals surface area contributed by atoms with Crippen LogP contribution in [0, 0.1) is 46.1 Å². The van der Waals surface area contributed by atoms with E-state index in [1.54, 1.807) is 11.9 Å². The average molecular weight is 555 g/mol. The molecule has 3 saturated carbocycles. The van der Waals surface area contributed by atoms with Crippen molar-refractivity contribution in [3.8, 4) is 0 Å². The quantitative estimate of drug-likeness (QED) is 0.324. The molecule has 5 nitrogen and oxygen atoms in total. The third-order valence-electron chi connectivity index (χ3n) is 12.3. The Morgan fingerprint density at radius 1 is 1.07 bits per heavy atom. The summed E-state index contributed by atoms with van der Waals surface area (Å²) >= 11 is 0. The molecule has 0 N–H and O–H groups in total. The number of carbonyl (C=O) groups excluding carboxylic acids is 2. The summed E-state index contributed by atoms with van der Waals surface area (Å²) < 4.78 is 32.9. The number of hydrogen-bond donors (Lipinski definition) is 0. The maximum absolute atomic E-state index is 14.0. The Balaban J connectivity index is 1.20. The van der Waals surface area contributed by atoms with Gasteiger partial charge in [-0.3, -0.25) is 9.59 Å². The molecule has 1 spiro atoms. The van der Waals surface area contributed by atoms with E-state index in [1.807, 2.05) is 0 Å². The number of esters is 1. The highest BCUT2D eigenvalue weighted by Gasteiger charge is 2.64. The van der Waals surface area contributed by atoms with Gasteiger partial charge in [0.25, 0.3) is 5.91 Å². The van der Waals surface area contributed by atoms with E-state index in [1.165, 1.54) is 50.8 Å². The first-order valence-corrected chi connectivity index (χ1v) is 15.2. The van der Waals surface area contributed by atoms with Crippen molar-refractivity contribution in [3.05, 3.63) is 47.0 Å². The predicted octanol–water partition coefficient (Wildman–Crippen LogP) is 6.29. The normalized spacial score (nSPS) is 39.3. The summed E-state index contributed by atoms with van der Waals surface area (Å²) in [6, 6.07) is 3.89. The fourth-order valence-electron chi connectivity index (χ4n) is 10.2. The number of likely N-dealkylation sites (tertiary alicyclic amines) is 1. The molecule has 218 valence electrons. The molecule has 7 heteroatoms. The molecule has 1 saturated heterocycles. The van der Waals surface area contributed by atoms with Crippen molar-refractivity contribution in [2.24, 2.45) is 34.5 Å². The topological polar surface area (TPSA) is 49.9 Å². The van der Waals surface area contributed by atoms with Crippen molar-refractivity contribution in [3.63, 3.8) is 0 Å². The molecule has 40 heavy (non-hydrogen) atoms. The number of fused-ring (bicyclic) bond motifs is 4. The summed E-state index contributed by atoms with van der Waals surface area (Å²) in [6.45, 7) is 7.40. The van der Waals surface area contributed by atoms with Crippen LogP contribution in [-0.4, -0.2) is 54.4 Å². The van der Waals surface area contributed by atoms with Gasteiger partial charge < -0.3 is 14.5 Å². The lowest BCUT2D eigenvalue weighted by Gasteiger charge is -2.58. The number of ether oxygens (including phenoxy) is 1. The number of likely N-dealkylation sites (N-methyl/N-ethyl adjacent to an activating group) is 1. The van der Waals surface area contributed by atoms with Crippen LogP contribution >= 0.6 is 0 Å². The monoisotopic (exact) mass is 554 g/mol. The van der Waals surface area contributed by atoms with E-state index >= 15 is 0 Å². The lowest BCUT2D eigenvalue weighted by atomic mass is 9.47. The molecule has 1 aliphatic heterocycles. The van der Waals surface area contributed by atoms with E-state index in [0.29, 0.717) is 17.4 Å². The number of rotatable bonds is 4.